The van der Waals surface area contributed by atoms with Crippen LogP contribution >= 0.6 is 0 Å². The van der Waals surface area contributed by atoms with Crippen molar-refractivity contribution < 1.29 is 23.7 Å². The zero-order chi connectivity index (χ0) is 21.2. The highest BCUT2D eigenvalue weighted by atomic mass is 16.5. The molecule has 0 saturated heterocycles. The Hall–Kier alpha value is -3.91. The van der Waals surface area contributed by atoms with Gasteiger partial charge in [0.15, 0.2) is 18.1 Å². The molecule has 0 bridgehead atoms. The van der Waals surface area contributed by atoms with E-state index in [1.165, 1.54) is 21.3 Å². The van der Waals surface area contributed by atoms with Crippen LogP contribution in [0.5, 0.6) is 23.0 Å². The molecule has 1 amide bonds. The normalized spacial score (nSPS) is 10.8. The van der Waals surface area contributed by atoms with Crippen molar-refractivity contribution in [2.45, 2.75) is 12.5 Å². The summed E-state index contributed by atoms with van der Waals surface area (Å²) < 4.78 is 21.3. The fourth-order valence-electron chi connectivity index (χ4n) is 2.60. The fraction of sp³-hybridized carbons (Fsp3) is 0.286. The van der Waals surface area contributed by atoms with Gasteiger partial charge in [-0.3, -0.25) is 4.79 Å². The SMILES string of the molecule is COc1cc(C(C#N)NC(=O)COc2ccc(CC#N)cc2)cc(OC)c1OC. The number of rotatable bonds is 9. The van der Waals surface area contributed by atoms with E-state index in [0.717, 1.165) is 5.56 Å². The van der Waals surface area contributed by atoms with Crippen LogP contribution in [0.25, 0.3) is 0 Å². The van der Waals surface area contributed by atoms with Crippen LogP contribution in [-0.4, -0.2) is 33.8 Å². The summed E-state index contributed by atoms with van der Waals surface area (Å²) in [7, 11) is 4.42. The van der Waals surface area contributed by atoms with Gasteiger partial charge in [0.1, 0.15) is 11.8 Å². The lowest BCUT2D eigenvalue weighted by molar-refractivity contribution is -0.123. The predicted octanol–water partition coefficient (Wildman–Crippen LogP) is 2.54. The molecule has 1 N–H and O–H groups in total. The summed E-state index contributed by atoms with van der Waals surface area (Å²) in [6.45, 7) is -0.264. The molecule has 0 aliphatic heterocycles. The van der Waals surface area contributed by atoms with E-state index in [0.29, 0.717) is 35.0 Å². The number of amides is 1. The van der Waals surface area contributed by atoms with Gasteiger partial charge in [-0.2, -0.15) is 10.5 Å². The van der Waals surface area contributed by atoms with Gasteiger partial charge in [0, 0.05) is 0 Å². The zero-order valence-corrected chi connectivity index (χ0v) is 16.4. The van der Waals surface area contributed by atoms with Gasteiger partial charge in [-0.15, -0.1) is 0 Å². The first kappa shape index (κ1) is 21.4. The van der Waals surface area contributed by atoms with Crippen LogP contribution in [0, 0.1) is 22.7 Å². The topological polar surface area (TPSA) is 114 Å². The number of nitrogens with one attached hydrogen (secondary N) is 1. The summed E-state index contributed by atoms with van der Waals surface area (Å²) >= 11 is 0. The maximum atomic E-state index is 12.2. The Morgan fingerprint density at radius 1 is 1.03 bits per heavy atom. The third-order valence-electron chi connectivity index (χ3n) is 4.03. The molecule has 0 fully saturated rings. The smallest absolute Gasteiger partial charge is 0.259 e. The number of carbonyl (C=O) groups is 1. The average molecular weight is 395 g/mol. The van der Waals surface area contributed by atoms with Gasteiger partial charge in [-0.05, 0) is 35.4 Å². The van der Waals surface area contributed by atoms with Crippen molar-refractivity contribution in [1.82, 2.24) is 5.32 Å². The molecule has 0 radical (unpaired) electrons. The third-order valence-corrected chi connectivity index (χ3v) is 4.03. The Labute approximate surface area is 169 Å². The van der Waals surface area contributed by atoms with E-state index in [-0.39, 0.29) is 6.61 Å². The molecule has 1 atom stereocenters. The maximum absolute atomic E-state index is 12.2. The molecule has 1 unspecified atom stereocenters. The van der Waals surface area contributed by atoms with E-state index in [9.17, 15) is 10.1 Å². The van der Waals surface area contributed by atoms with Crippen molar-refractivity contribution in [2.75, 3.05) is 27.9 Å². The second-order valence-electron chi connectivity index (χ2n) is 5.86. The Balaban J connectivity index is 2.06. The van der Waals surface area contributed by atoms with Crippen molar-refractivity contribution in [3.8, 4) is 35.1 Å². The summed E-state index contributed by atoms with van der Waals surface area (Å²) in [5, 5.41) is 20.8. The number of hydrogen-bond donors (Lipinski definition) is 1. The highest BCUT2D eigenvalue weighted by molar-refractivity contribution is 5.78. The van der Waals surface area contributed by atoms with Crippen molar-refractivity contribution in [3.05, 3.63) is 47.5 Å². The molecule has 0 aromatic heterocycles. The molecule has 8 nitrogen and oxygen atoms in total. The number of benzene rings is 2. The number of methoxy groups -OCH3 is 3. The average Bonchev–Trinajstić information content (AvgIpc) is 2.76. The van der Waals surface area contributed by atoms with Crippen molar-refractivity contribution in [2.24, 2.45) is 0 Å². The fourth-order valence-corrected chi connectivity index (χ4v) is 2.60. The largest absolute Gasteiger partial charge is 0.493 e. The zero-order valence-electron chi connectivity index (χ0n) is 16.4. The Morgan fingerprint density at radius 2 is 1.66 bits per heavy atom. The second-order valence-corrected chi connectivity index (χ2v) is 5.86. The molecule has 2 aromatic carbocycles. The molecule has 0 aliphatic carbocycles. The quantitative estimate of drug-likeness (QED) is 0.694. The van der Waals surface area contributed by atoms with E-state index in [1.54, 1.807) is 36.4 Å². The van der Waals surface area contributed by atoms with E-state index < -0.39 is 11.9 Å². The molecule has 0 spiro atoms. The van der Waals surface area contributed by atoms with Gasteiger partial charge in [-0.25, -0.2) is 0 Å². The summed E-state index contributed by atoms with van der Waals surface area (Å²) in [4.78, 5) is 12.2. The summed E-state index contributed by atoms with van der Waals surface area (Å²) in [6, 6.07) is 13.2. The Morgan fingerprint density at radius 3 is 2.14 bits per heavy atom. The number of ether oxygens (including phenoxy) is 4. The molecule has 29 heavy (non-hydrogen) atoms. The third kappa shape index (κ3) is 5.53. The van der Waals surface area contributed by atoms with Gasteiger partial charge in [0.25, 0.3) is 5.91 Å². The standard InChI is InChI=1S/C21H21N3O5/c1-26-18-10-15(11-19(27-2)21(18)28-3)17(12-23)24-20(25)13-29-16-6-4-14(5-7-16)8-9-22/h4-7,10-11,17H,8,13H2,1-3H3,(H,24,25). The molecule has 2 aromatic rings. The molecule has 0 saturated carbocycles. The van der Waals surface area contributed by atoms with Crippen molar-refractivity contribution in [3.63, 3.8) is 0 Å². The summed E-state index contributed by atoms with van der Waals surface area (Å²) in [5.74, 6) is 1.18. The minimum atomic E-state index is -0.933. The van der Waals surface area contributed by atoms with Crippen LogP contribution in [0.4, 0.5) is 0 Å². The first-order chi connectivity index (χ1) is 14.1. The first-order valence-electron chi connectivity index (χ1n) is 8.63. The molecular formula is C21H21N3O5. The number of nitrogens with zero attached hydrogens (tertiary/aromatic N) is 2. The van der Waals surface area contributed by atoms with Crippen LogP contribution in [0.3, 0.4) is 0 Å². The van der Waals surface area contributed by atoms with Gasteiger partial charge in [0.2, 0.25) is 5.75 Å². The molecule has 2 rings (SSSR count). The van der Waals surface area contributed by atoms with Crippen LogP contribution < -0.4 is 24.3 Å². The number of carbonyl (C=O) groups excluding carboxylic acids is 1. The van der Waals surface area contributed by atoms with Crippen LogP contribution in [0.1, 0.15) is 17.2 Å². The highest BCUT2D eigenvalue weighted by Crippen LogP contribution is 2.39. The van der Waals surface area contributed by atoms with Gasteiger partial charge >= 0.3 is 0 Å². The molecule has 0 heterocycles. The van der Waals surface area contributed by atoms with Gasteiger partial charge in [0.05, 0.1) is 39.9 Å². The Kier molecular flexibility index (Phi) is 7.69. The Bertz CT molecular complexity index is 904. The lowest BCUT2D eigenvalue weighted by Gasteiger charge is -2.17. The van der Waals surface area contributed by atoms with Crippen LogP contribution in [0.2, 0.25) is 0 Å². The van der Waals surface area contributed by atoms with Crippen molar-refractivity contribution >= 4 is 5.91 Å². The second kappa shape index (κ2) is 10.4. The van der Waals surface area contributed by atoms with E-state index in [4.69, 9.17) is 24.2 Å². The highest BCUT2D eigenvalue weighted by Gasteiger charge is 2.20. The molecular weight excluding hydrogens is 374 g/mol. The van der Waals surface area contributed by atoms with Crippen molar-refractivity contribution in [1.29, 1.82) is 10.5 Å². The van der Waals surface area contributed by atoms with E-state index in [2.05, 4.69) is 11.4 Å². The first-order valence-corrected chi connectivity index (χ1v) is 8.63. The number of nitriles is 2. The number of hydrogen-bond acceptors (Lipinski definition) is 7. The summed E-state index contributed by atoms with van der Waals surface area (Å²) in [6.07, 6.45) is 0.305. The van der Waals surface area contributed by atoms with E-state index >= 15 is 0 Å². The lowest BCUT2D eigenvalue weighted by atomic mass is 10.1. The minimum Gasteiger partial charge on any atom is -0.493 e. The van der Waals surface area contributed by atoms with Crippen LogP contribution in [-0.2, 0) is 11.2 Å². The monoisotopic (exact) mass is 395 g/mol. The van der Waals surface area contributed by atoms with Gasteiger partial charge < -0.3 is 24.3 Å². The van der Waals surface area contributed by atoms with Crippen LogP contribution in [0.15, 0.2) is 36.4 Å². The summed E-state index contributed by atoms with van der Waals surface area (Å²) in [5.41, 5.74) is 1.34. The molecule has 0 aliphatic rings. The molecule has 150 valence electrons. The van der Waals surface area contributed by atoms with E-state index in [1.807, 2.05) is 6.07 Å². The minimum absolute atomic E-state index is 0.264. The van der Waals surface area contributed by atoms with Gasteiger partial charge in [-0.1, -0.05) is 12.1 Å². The molecule has 8 heteroatoms. The maximum Gasteiger partial charge on any atom is 0.259 e. The predicted molar refractivity (Wildman–Crippen MR) is 104 cm³/mol. The lowest BCUT2D eigenvalue weighted by Crippen LogP contribution is -2.32.